The predicted octanol–water partition coefficient (Wildman–Crippen LogP) is 4.69. The zero-order chi connectivity index (χ0) is 20.1. The maximum Gasteiger partial charge on any atom is 0.358 e. The normalized spacial score (nSPS) is 10.4. The summed E-state index contributed by atoms with van der Waals surface area (Å²) >= 11 is 4.70. The summed E-state index contributed by atoms with van der Waals surface area (Å²) in [6.45, 7) is 1.49. The lowest BCUT2D eigenvalue weighted by Crippen LogP contribution is -2.21. The van der Waals surface area contributed by atoms with E-state index in [2.05, 4.69) is 26.2 Å². The summed E-state index contributed by atoms with van der Waals surface area (Å²) in [5.74, 6) is -0.310. The topological polar surface area (TPSA) is 77.5 Å². The molecule has 0 aliphatic heterocycles. The van der Waals surface area contributed by atoms with Crippen molar-refractivity contribution in [3.63, 3.8) is 0 Å². The molecule has 1 heterocycles. The van der Waals surface area contributed by atoms with Crippen molar-refractivity contribution in [1.82, 2.24) is 4.98 Å². The number of hydrogen-bond acceptors (Lipinski definition) is 6. The van der Waals surface area contributed by atoms with Gasteiger partial charge in [0, 0.05) is 21.1 Å². The third-order valence-electron chi connectivity index (χ3n) is 3.85. The van der Waals surface area contributed by atoms with Crippen LogP contribution in [0.4, 0.5) is 5.69 Å². The summed E-state index contributed by atoms with van der Waals surface area (Å²) in [5, 5.41) is 5.01. The zero-order valence-electron chi connectivity index (χ0n) is 15.2. The molecule has 0 atom stereocenters. The van der Waals surface area contributed by atoms with E-state index in [1.807, 2.05) is 43.3 Å². The summed E-state index contributed by atoms with van der Waals surface area (Å²) in [5.41, 5.74) is 2.61. The van der Waals surface area contributed by atoms with Gasteiger partial charge in [0.1, 0.15) is 10.8 Å². The van der Waals surface area contributed by atoms with Gasteiger partial charge in [-0.25, -0.2) is 9.78 Å². The number of amides is 1. The number of halogens is 1. The van der Waals surface area contributed by atoms with Crippen LogP contribution in [0, 0.1) is 6.92 Å². The van der Waals surface area contributed by atoms with Gasteiger partial charge >= 0.3 is 5.97 Å². The second kappa shape index (κ2) is 8.99. The molecule has 0 aliphatic rings. The van der Waals surface area contributed by atoms with Crippen molar-refractivity contribution in [3.05, 3.63) is 63.6 Å². The van der Waals surface area contributed by atoms with Crippen molar-refractivity contribution < 1.29 is 19.1 Å². The van der Waals surface area contributed by atoms with E-state index in [4.69, 9.17) is 9.47 Å². The van der Waals surface area contributed by atoms with Gasteiger partial charge in [-0.05, 0) is 55.0 Å². The van der Waals surface area contributed by atoms with Crippen LogP contribution in [0.1, 0.15) is 16.1 Å². The van der Waals surface area contributed by atoms with Crippen LogP contribution in [0.5, 0.6) is 5.75 Å². The number of carbonyl (C=O) groups is 2. The van der Waals surface area contributed by atoms with Gasteiger partial charge in [-0.15, -0.1) is 11.3 Å². The summed E-state index contributed by atoms with van der Waals surface area (Å²) in [4.78, 5) is 28.5. The molecular formula is C20H17BrN2O4S. The second-order valence-corrected chi connectivity index (χ2v) is 7.62. The first-order chi connectivity index (χ1) is 13.5. The van der Waals surface area contributed by atoms with Gasteiger partial charge in [-0.2, -0.15) is 0 Å². The predicted molar refractivity (Wildman–Crippen MR) is 112 cm³/mol. The van der Waals surface area contributed by atoms with Gasteiger partial charge in [0.25, 0.3) is 5.91 Å². The molecule has 0 saturated heterocycles. The van der Waals surface area contributed by atoms with Crippen molar-refractivity contribution in [2.24, 2.45) is 0 Å². The highest BCUT2D eigenvalue weighted by atomic mass is 79.9. The largest absolute Gasteiger partial charge is 0.497 e. The molecule has 3 rings (SSSR count). The lowest BCUT2D eigenvalue weighted by Gasteiger charge is -2.08. The zero-order valence-corrected chi connectivity index (χ0v) is 17.6. The Balaban J connectivity index is 1.57. The van der Waals surface area contributed by atoms with Gasteiger partial charge in [-0.3, -0.25) is 4.79 Å². The smallest absolute Gasteiger partial charge is 0.358 e. The Morgan fingerprint density at radius 3 is 2.61 bits per heavy atom. The first kappa shape index (κ1) is 20.0. The van der Waals surface area contributed by atoms with Gasteiger partial charge in [0.2, 0.25) is 0 Å². The Kier molecular flexibility index (Phi) is 6.43. The molecule has 6 nitrogen and oxygen atoms in total. The van der Waals surface area contributed by atoms with E-state index in [1.165, 1.54) is 11.3 Å². The number of ether oxygens (including phenoxy) is 2. The van der Waals surface area contributed by atoms with E-state index < -0.39 is 11.9 Å². The number of hydrogen-bond donors (Lipinski definition) is 1. The molecule has 0 spiro atoms. The Bertz CT molecular complexity index is 1000. The summed E-state index contributed by atoms with van der Waals surface area (Å²) < 4.78 is 11.1. The third kappa shape index (κ3) is 4.96. The van der Waals surface area contributed by atoms with E-state index in [0.717, 1.165) is 21.3 Å². The fraction of sp³-hybridized carbons (Fsp3) is 0.150. The fourth-order valence-corrected chi connectivity index (χ4v) is 3.66. The van der Waals surface area contributed by atoms with Crippen LogP contribution in [0.3, 0.4) is 0 Å². The van der Waals surface area contributed by atoms with Gasteiger partial charge in [-0.1, -0.05) is 15.9 Å². The van der Waals surface area contributed by atoms with E-state index in [-0.39, 0.29) is 12.3 Å². The lowest BCUT2D eigenvalue weighted by atomic mass is 10.2. The molecule has 1 amide bonds. The number of aryl methyl sites for hydroxylation is 1. The molecule has 8 heteroatoms. The number of aromatic nitrogens is 1. The highest BCUT2D eigenvalue weighted by molar-refractivity contribution is 9.10. The van der Waals surface area contributed by atoms with Crippen LogP contribution in [-0.4, -0.2) is 30.6 Å². The van der Waals surface area contributed by atoms with Crippen LogP contribution >= 0.6 is 27.3 Å². The van der Waals surface area contributed by atoms with Crippen LogP contribution in [-0.2, 0) is 9.53 Å². The van der Waals surface area contributed by atoms with Gasteiger partial charge < -0.3 is 14.8 Å². The highest BCUT2D eigenvalue weighted by Gasteiger charge is 2.15. The van der Waals surface area contributed by atoms with E-state index in [9.17, 15) is 9.59 Å². The number of rotatable bonds is 6. The van der Waals surface area contributed by atoms with E-state index >= 15 is 0 Å². The van der Waals surface area contributed by atoms with Crippen molar-refractivity contribution in [2.75, 3.05) is 19.0 Å². The molecule has 3 aromatic rings. The number of nitrogens with one attached hydrogen (secondary N) is 1. The number of anilines is 1. The maximum absolute atomic E-state index is 12.2. The number of carbonyl (C=O) groups excluding carboxylic acids is 2. The molecule has 1 aromatic heterocycles. The molecule has 0 saturated carbocycles. The number of benzene rings is 2. The molecule has 0 unspecified atom stereocenters. The fourth-order valence-electron chi connectivity index (χ4n) is 2.39. The van der Waals surface area contributed by atoms with E-state index in [1.54, 1.807) is 18.6 Å². The molecule has 0 fully saturated rings. The van der Waals surface area contributed by atoms with Crippen LogP contribution in [0.2, 0.25) is 0 Å². The first-order valence-electron chi connectivity index (χ1n) is 8.29. The average Bonchev–Trinajstić information content (AvgIpc) is 3.19. The molecule has 1 N–H and O–H groups in total. The second-order valence-electron chi connectivity index (χ2n) is 5.85. The summed E-state index contributed by atoms with van der Waals surface area (Å²) in [7, 11) is 1.60. The Morgan fingerprint density at radius 2 is 1.93 bits per heavy atom. The minimum atomic E-state index is -0.640. The summed E-state index contributed by atoms with van der Waals surface area (Å²) in [6.07, 6.45) is 0. The Morgan fingerprint density at radius 1 is 1.18 bits per heavy atom. The molecule has 0 aliphatic carbocycles. The highest BCUT2D eigenvalue weighted by Crippen LogP contribution is 2.26. The monoisotopic (exact) mass is 460 g/mol. The number of thiazole rings is 1. The minimum absolute atomic E-state index is 0.170. The first-order valence-corrected chi connectivity index (χ1v) is 9.96. The standard InChI is InChI=1S/C20H17BrN2O4S/c1-12-9-14(21)5-8-16(12)22-18(24)10-27-20(25)17-11-28-19(23-17)13-3-6-15(26-2)7-4-13/h3-9,11H,10H2,1-2H3,(H,22,24). The number of esters is 1. The van der Waals surface area contributed by atoms with Crippen LogP contribution in [0.25, 0.3) is 10.6 Å². The molecule has 2 aromatic carbocycles. The van der Waals surface area contributed by atoms with Gasteiger partial charge in [0.15, 0.2) is 12.3 Å². The van der Waals surface area contributed by atoms with Crippen molar-refractivity contribution in [3.8, 4) is 16.3 Å². The minimum Gasteiger partial charge on any atom is -0.497 e. The van der Waals surface area contributed by atoms with Crippen LogP contribution in [0.15, 0.2) is 52.3 Å². The maximum atomic E-state index is 12.2. The third-order valence-corrected chi connectivity index (χ3v) is 5.23. The summed E-state index contributed by atoms with van der Waals surface area (Å²) in [6, 6.07) is 12.9. The Hall–Kier alpha value is -2.71. The van der Waals surface area contributed by atoms with Crippen molar-refractivity contribution in [2.45, 2.75) is 6.92 Å². The number of nitrogens with zero attached hydrogens (tertiary/aromatic N) is 1. The quantitative estimate of drug-likeness (QED) is 0.540. The van der Waals surface area contributed by atoms with Crippen molar-refractivity contribution >= 4 is 44.8 Å². The SMILES string of the molecule is COc1ccc(-c2nc(C(=O)OCC(=O)Nc3ccc(Br)cc3C)cs2)cc1. The molecular weight excluding hydrogens is 444 g/mol. The van der Waals surface area contributed by atoms with E-state index in [0.29, 0.717) is 10.7 Å². The molecule has 0 radical (unpaired) electrons. The molecule has 0 bridgehead atoms. The van der Waals surface area contributed by atoms with Crippen LogP contribution < -0.4 is 10.1 Å². The van der Waals surface area contributed by atoms with Gasteiger partial charge in [0.05, 0.1) is 7.11 Å². The van der Waals surface area contributed by atoms with Crippen molar-refractivity contribution in [1.29, 1.82) is 0 Å². The average molecular weight is 461 g/mol. The lowest BCUT2D eigenvalue weighted by molar-refractivity contribution is -0.119. The Labute approximate surface area is 174 Å². The molecule has 28 heavy (non-hydrogen) atoms. The molecule has 144 valence electrons. The number of methoxy groups -OCH3 is 1.